The number of hydrogen-bond acceptors (Lipinski definition) is 5. The summed E-state index contributed by atoms with van der Waals surface area (Å²) in [5.74, 6) is 1.03. The quantitative estimate of drug-likeness (QED) is 0.606. The standard InChI is InChI=1S/C21H20Cl2N4O2/c1-14(19-24-25-20(29-19)16-3-2-4-18(23)13-16)26-9-11-27(12-10-26)21(28)15-5-7-17(22)8-6-15/h2-8,13-14H,9-12H2,1H3. The molecule has 4 rings (SSSR count). The maximum absolute atomic E-state index is 12.7. The molecule has 1 aromatic heterocycles. The molecular formula is C21H20Cl2N4O2. The molecule has 29 heavy (non-hydrogen) atoms. The zero-order valence-electron chi connectivity index (χ0n) is 15.9. The topological polar surface area (TPSA) is 62.5 Å². The van der Waals surface area contributed by atoms with Crippen molar-refractivity contribution in [2.45, 2.75) is 13.0 Å². The summed E-state index contributed by atoms with van der Waals surface area (Å²) in [5, 5.41) is 9.61. The van der Waals surface area contributed by atoms with Crippen molar-refractivity contribution < 1.29 is 9.21 Å². The van der Waals surface area contributed by atoms with Crippen molar-refractivity contribution in [3.63, 3.8) is 0 Å². The molecule has 8 heteroatoms. The van der Waals surface area contributed by atoms with E-state index in [1.807, 2.05) is 24.0 Å². The van der Waals surface area contributed by atoms with Crippen LogP contribution in [0.2, 0.25) is 10.0 Å². The van der Waals surface area contributed by atoms with Crippen molar-refractivity contribution in [2.24, 2.45) is 0 Å². The largest absolute Gasteiger partial charge is 0.419 e. The van der Waals surface area contributed by atoms with E-state index in [-0.39, 0.29) is 11.9 Å². The minimum absolute atomic E-state index is 0.0232. The highest BCUT2D eigenvalue weighted by Crippen LogP contribution is 2.26. The number of hydrogen-bond donors (Lipinski definition) is 0. The van der Waals surface area contributed by atoms with Gasteiger partial charge in [0, 0.05) is 47.4 Å². The molecule has 0 N–H and O–H groups in total. The molecule has 2 aromatic carbocycles. The summed E-state index contributed by atoms with van der Waals surface area (Å²) in [4.78, 5) is 16.8. The van der Waals surface area contributed by atoms with Gasteiger partial charge in [0.2, 0.25) is 11.8 Å². The molecule has 6 nitrogen and oxygen atoms in total. The molecule has 1 unspecified atom stereocenters. The van der Waals surface area contributed by atoms with Crippen molar-refractivity contribution >= 4 is 29.1 Å². The van der Waals surface area contributed by atoms with Crippen molar-refractivity contribution in [1.82, 2.24) is 20.0 Å². The highest BCUT2D eigenvalue weighted by Gasteiger charge is 2.28. The predicted octanol–water partition coefficient (Wildman–Crippen LogP) is 4.56. The van der Waals surface area contributed by atoms with Gasteiger partial charge in [-0.25, -0.2) is 0 Å². The lowest BCUT2D eigenvalue weighted by Gasteiger charge is -2.36. The molecule has 0 spiro atoms. The molecule has 1 atom stereocenters. The van der Waals surface area contributed by atoms with E-state index in [4.69, 9.17) is 27.6 Å². The fraction of sp³-hybridized carbons (Fsp3) is 0.286. The number of nitrogens with zero attached hydrogens (tertiary/aromatic N) is 4. The van der Waals surface area contributed by atoms with E-state index in [1.165, 1.54) is 0 Å². The summed E-state index contributed by atoms with van der Waals surface area (Å²) in [7, 11) is 0. The molecule has 0 saturated carbocycles. The van der Waals surface area contributed by atoms with Crippen LogP contribution in [0.3, 0.4) is 0 Å². The van der Waals surface area contributed by atoms with Gasteiger partial charge in [-0.3, -0.25) is 9.69 Å². The lowest BCUT2D eigenvalue weighted by Crippen LogP contribution is -2.49. The second-order valence-corrected chi connectivity index (χ2v) is 7.84. The van der Waals surface area contributed by atoms with Crippen molar-refractivity contribution in [3.05, 3.63) is 70.0 Å². The molecule has 2 heterocycles. The zero-order chi connectivity index (χ0) is 20.4. The van der Waals surface area contributed by atoms with Crippen LogP contribution in [0.4, 0.5) is 0 Å². The van der Waals surface area contributed by atoms with Gasteiger partial charge < -0.3 is 9.32 Å². The second-order valence-electron chi connectivity index (χ2n) is 6.97. The first kappa shape index (κ1) is 19.9. The normalized spacial score (nSPS) is 16.0. The summed E-state index contributed by atoms with van der Waals surface area (Å²) in [6, 6.07) is 14.3. The van der Waals surface area contributed by atoms with Gasteiger partial charge in [0.05, 0.1) is 6.04 Å². The van der Waals surface area contributed by atoms with E-state index in [9.17, 15) is 4.79 Å². The van der Waals surface area contributed by atoms with E-state index in [1.54, 1.807) is 36.4 Å². The number of aromatic nitrogens is 2. The Kier molecular flexibility index (Phi) is 5.85. The van der Waals surface area contributed by atoms with Crippen LogP contribution in [-0.2, 0) is 0 Å². The highest BCUT2D eigenvalue weighted by atomic mass is 35.5. The van der Waals surface area contributed by atoms with E-state index < -0.39 is 0 Å². The summed E-state index contributed by atoms with van der Waals surface area (Å²) < 4.78 is 5.88. The molecule has 1 aliphatic rings. The minimum atomic E-state index is -0.0387. The SMILES string of the molecule is CC(c1nnc(-c2cccc(Cl)c2)o1)N1CCN(C(=O)c2ccc(Cl)cc2)CC1. The number of piperazine rings is 1. The van der Waals surface area contributed by atoms with Crippen molar-refractivity contribution in [1.29, 1.82) is 0 Å². The van der Waals surface area contributed by atoms with Gasteiger partial charge in [-0.1, -0.05) is 29.3 Å². The number of carbonyl (C=O) groups excluding carboxylic acids is 1. The Bertz CT molecular complexity index is 998. The maximum atomic E-state index is 12.7. The van der Waals surface area contributed by atoms with Crippen LogP contribution in [-0.4, -0.2) is 52.1 Å². The van der Waals surface area contributed by atoms with Crippen molar-refractivity contribution in [3.8, 4) is 11.5 Å². The Balaban J connectivity index is 1.38. The summed E-state index contributed by atoms with van der Waals surface area (Å²) in [6.45, 7) is 4.78. The number of benzene rings is 2. The van der Waals surface area contributed by atoms with Crippen LogP contribution in [0, 0.1) is 0 Å². The molecule has 0 bridgehead atoms. The van der Waals surface area contributed by atoms with Crippen LogP contribution < -0.4 is 0 Å². The molecule has 0 radical (unpaired) electrons. The first-order valence-corrected chi connectivity index (χ1v) is 10.1. The third kappa shape index (κ3) is 4.45. The Hall–Kier alpha value is -2.41. The lowest BCUT2D eigenvalue weighted by atomic mass is 10.1. The molecule has 1 amide bonds. The Morgan fingerprint density at radius 2 is 1.72 bits per heavy atom. The van der Waals surface area contributed by atoms with Crippen LogP contribution >= 0.6 is 23.2 Å². The summed E-state index contributed by atoms with van der Waals surface area (Å²) >= 11 is 11.9. The van der Waals surface area contributed by atoms with E-state index >= 15 is 0 Å². The van der Waals surface area contributed by atoms with E-state index in [0.29, 0.717) is 40.5 Å². The van der Waals surface area contributed by atoms with Gasteiger partial charge in [0.25, 0.3) is 5.91 Å². The zero-order valence-corrected chi connectivity index (χ0v) is 17.4. The maximum Gasteiger partial charge on any atom is 0.253 e. The van der Waals surface area contributed by atoms with Gasteiger partial charge >= 0.3 is 0 Å². The van der Waals surface area contributed by atoms with E-state index in [0.717, 1.165) is 18.7 Å². The van der Waals surface area contributed by atoms with Gasteiger partial charge in [-0.05, 0) is 49.4 Å². The smallest absolute Gasteiger partial charge is 0.253 e. The number of rotatable bonds is 4. The number of halogens is 2. The molecule has 0 aliphatic carbocycles. The van der Waals surface area contributed by atoms with Gasteiger partial charge in [-0.2, -0.15) is 0 Å². The fourth-order valence-electron chi connectivity index (χ4n) is 3.39. The lowest BCUT2D eigenvalue weighted by molar-refractivity contribution is 0.0559. The van der Waals surface area contributed by atoms with Crippen LogP contribution in [0.1, 0.15) is 29.2 Å². The monoisotopic (exact) mass is 430 g/mol. The Morgan fingerprint density at radius 1 is 1.00 bits per heavy atom. The van der Waals surface area contributed by atoms with Crippen LogP contribution in [0.25, 0.3) is 11.5 Å². The summed E-state index contributed by atoms with van der Waals surface area (Å²) in [6.07, 6.45) is 0. The molecule has 150 valence electrons. The van der Waals surface area contributed by atoms with Gasteiger partial charge in [-0.15, -0.1) is 10.2 Å². The van der Waals surface area contributed by atoms with Crippen LogP contribution in [0.15, 0.2) is 52.9 Å². The molecular weight excluding hydrogens is 411 g/mol. The Morgan fingerprint density at radius 3 is 2.41 bits per heavy atom. The molecule has 1 fully saturated rings. The highest BCUT2D eigenvalue weighted by molar-refractivity contribution is 6.31. The van der Waals surface area contributed by atoms with Gasteiger partial charge in [0.15, 0.2) is 0 Å². The average Bonchev–Trinajstić information content (AvgIpc) is 3.24. The second kappa shape index (κ2) is 8.53. The molecule has 1 saturated heterocycles. The number of carbonyl (C=O) groups is 1. The van der Waals surface area contributed by atoms with Crippen LogP contribution in [0.5, 0.6) is 0 Å². The third-order valence-corrected chi connectivity index (χ3v) is 5.60. The third-order valence-electron chi connectivity index (χ3n) is 5.11. The van der Waals surface area contributed by atoms with Crippen molar-refractivity contribution in [2.75, 3.05) is 26.2 Å². The summed E-state index contributed by atoms with van der Waals surface area (Å²) in [5.41, 5.74) is 1.45. The van der Waals surface area contributed by atoms with Gasteiger partial charge in [0.1, 0.15) is 0 Å². The first-order chi connectivity index (χ1) is 14.0. The molecule has 1 aliphatic heterocycles. The van der Waals surface area contributed by atoms with E-state index in [2.05, 4.69) is 15.1 Å². The molecule has 3 aromatic rings. The predicted molar refractivity (Wildman–Crippen MR) is 112 cm³/mol. The Labute approximate surface area is 179 Å². The fourth-order valence-corrected chi connectivity index (χ4v) is 3.70. The average molecular weight is 431 g/mol. The minimum Gasteiger partial charge on any atom is -0.419 e. The number of amides is 1. The first-order valence-electron chi connectivity index (χ1n) is 9.39.